The van der Waals surface area contributed by atoms with Crippen molar-refractivity contribution in [1.82, 2.24) is 0 Å². The summed E-state index contributed by atoms with van der Waals surface area (Å²) in [7, 11) is 0. The molecule has 0 aromatic carbocycles. The van der Waals surface area contributed by atoms with E-state index in [9.17, 15) is 19.2 Å². The molecule has 0 aliphatic heterocycles. The van der Waals surface area contributed by atoms with E-state index in [1.807, 2.05) is 27.7 Å². The maximum Gasteiger partial charge on any atom is 0.335 e. The molecule has 0 aliphatic carbocycles. The van der Waals surface area contributed by atoms with E-state index in [0.29, 0.717) is 25.7 Å². The number of unbranched alkanes of at least 4 members (excludes halogenated alkanes) is 8. The molecule has 0 rings (SSSR count). The van der Waals surface area contributed by atoms with Crippen LogP contribution in [0.3, 0.4) is 0 Å². The molecule has 0 N–H and O–H groups in total. The van der Waals surface area contributed by atoms with Crippen molar-refractivity contribution in [3.63, 3.8) is 0 Å². The monoisotopic (exact) mass is 486 g/mol. The summed E-state index contributed by atoms with van der Waals surface area (Å²) in [6.45, 7) is 8.27. The van der Waals surface area contributed by atoms with E-state index in [-0.39, 0.29) is 26.4 Å². The fourth-order valence-electron chi connectivity index (χ4n) is 3.19. The Morgan fingerprint density at radius 2 is 0.765 bits per heavy atom. The van der Waals surface area contributed by atoms with Crippen LogP contribution in [-0.2, 0) is 38.1 Å². The van der Waals surface area contributed by atoms with Gasteiger partial charge in [0, 0.05) is 0 Å². The summed E-state index contributed by atoms with van der Waals surface area (Å²) in [5, 5.41) is 0. The summed E-state index contributed by atoms with van der Waals surface area (Å²) in [5.74, 6) is -4.18. The van der Waals surface area contributed by atoms with E-state index in [2.05, 4.69) is 0 Å². The minimum absolute atomic E-state index is 0.0339. The molecule has 8 nitrogen and oxygen atoms in total. The molecule has 0 aromatic rings. The van der Waals surface area contributed by atoms with Gasteiger partial charge in [-0.2, -0.15) is 0 Å². The molecule has 0 heterocycles. The van der Waals surface area contributed by atoms with Gasteiger partial charge in [0.1, 0.15) is 0 Å². The predicted octanol–water partition coefficient (Wildman–Crippen LogP) is 5.30. The van der Waals surface area contributed by atoms with Gasteiger partial charge in [0.2, 0.25) is 0 Å². The summed E-state index contributed by atoms with van der Waals surface area (Å²) in [4.78, 5) is 52.1. The van der Waals surface area contributed by atoms with Crippen molar-refractivity contribution in [3.05, 3.63) is 0 Å². The zero-order valence-electron chi connectivity index (χ0n) is 21.8. The number of hydrogen-bond acceptors (Lipinski definition) is 8. The van der Waals surface area contributed by atoms with E-state index in [4.69, 9.17) is 18.9 Å². The molecule has 198 valence electrons. The van der Waals surface area contributed by atoms with Crippen molar-refractivity contribution in [1.29, 1.82) is 0 Å². The highest BCUT2D eigenvalue weighted by Crippen LogP contribution is 2.30. The lowest BCUT2D eigenvalue weighted by molar-refractivity contribution is -0.188. The van der Waals surface area contributed by atoms with Crippen molar-refractivity contribution < 1.29 is 38.1 Å². The van der Waals surface area contributed by atoms with E-state index in [1.54, 1.807) is 0 Å². The van der Waals surface area contributed by atoms with Crippen molar-refractivity contribution in [2.75, 3.05) is 26.4 Å². The molecule has 0 unspecified atom stereocenters. The van der Waals surface area contributed by atoms with Crippen molar-refractivity contribution in [2.45, 2.75) is 111 Å². The first kappa shape index (κ1) is 31.9. The zero-order chi connectivity index (χ0) is 25.7. The van der Waals surface area contributed by atoms with Crippen molar-refractivity contribution in [3.8, 4) is 0 Å². The van der Waals surface area contributed by atoms with Crippen LogP contribution in [0.5, 0.6) is 0 Å². The number of esters is 4. The Labute approximate surface area is 205 Å². The van der Waals surface area contributed by atoms with Crippen molar-refractivity contribution >= 4 is 23.9 Å². The molecule has 0 spiro atoms. The summed E-state index contributed by atoms with van der Waals surface area (Å²) >= 11 is 0. The molecule has 34 heavy (non-hydrogen) atoms. The zero-order valence-corrected chi connectivity index (χ0v) is 21.8. The summed E-state index contributed by atoms with van der Waals surface area (Å²) in [6.07, 6.45) is 8.60. The van der Waals surface area contributed by atoms with Crippen molar-refractivity contribution in [2.24, 2.45) is 5.41 Å². The molecular weight excluding hydrogens is 440 g/mol. The van der Waals surface area contributed by atoms with Crippen LogP contribution in [-0.4, -0.2) is 50.3 Å². The van der Waals surface area contributed by atoms with Crippen LogP contribution in [0.15, 0.2) is 0 Å². The second-order valence-electron chi connectivity index (χ2n) is 8.54. The molecule has 0 fully saturated rings. The third-order valence-electron chi connectivity index (χ3n) is 5.41. The Bertz CT molecular complexity index is 528. The lowest BCUT2D eigenvalue weighted by Gasteiger charge is -2.27. The number of hydrogen-bond donors (Lipinski definition) is 0. The van der Waals surface area contributed by atoms with Gasteiger partial charge in [-0.1, -0.05) is 79.1 Å². The van der Waals surface area contributed by atoms with Gasteiger partial charge in [0.15, 0.2) is 0 Å². The fourth-order valence-corrected chi connectivity index (χ4v) is 3.19. The lowest BCUT2D eigenvalue weighted by Crippen LogP contribution is -2.51. The molecule has 0 saturated heterocycles. The van der Waals surface area contributed by atoms with E-state index in [1.165, 1.54) is 0 Å². The van der Waals surface area contributed by atoms with Gasteiger partial charge in [-0.3, -0.25) is 19.2 Å². The first-order valence-corrected chi connectivity index (χ1v) is 13.1. The van der Waals surface area contributed by atoms with Gasteiger partial charge >= 0.3 is 23.9 Å². The van der Waals surface area contributed by atoms with Crippen LogP contribution in [0.1, 0.15) is 111 Å². The Hall–Kier alpha value is -2.12. The first-order valence-electron chi connectivity index (χ1n) is 13.1. The number of ether oxygens (including phenoxy) is 4. The van der Waals surface area contributed by atoms with Gasteiger partial charge in [-0.05, 0) is 25.7 Å². The normalized spacial score (nSPS) is 11.1. The highest BCUT2D eigenvalue weighted by molar-refractivity contribution is 6.19. The molecular formula is C26H46O8. The summed E-state index contributed by atoms with van der Waals surface area (Å²) < 4.78 is 21.1. The van der Waals surface area contributed by atoms with Crippen LogP contribution < -0.4 is 0 Å². The minimum atomic E-state index is -2.52. The van der Waals surface area contributed by atoms with Crippen LogP contribution in [0.4, 0.5) is 0 Å². The minimum Gasteiger partial charge on any atom is -0.466 e. The molecule has 0 saturated carbocycles. The molecule has 0 atom stereocenters. The van der Waals surface area contributed by atoms with Gasteiger partial charge in [-0.15, -0.1) is 0 Å². The van der Waals surface area contributed by atoms with E-state index < -0.39 is 35.7 Å². The van der Waals surface area contributed by atoms with Crippen LogP contribution in [0, 0.1) is 5.41 Å². The largest absolute Gasteiger partial charge is 0.466 e. The van der Waals surface area contributed by atoms with Gasteiger partial charge in [0.25, 0.3) is 5.41 Å². The molecule has 0 bridgehead atoms. The second-order valence-corrected chi connectivity index (χ2v) is 8.54. The molecule has 0 aliphatic rings. The second kappa shape index (κ2) is 20.3. The smallest absolute Gasteiger partial charge is 0.335 e. The predicted molar refractivity (Wildman–Crippen MR) is 129 cm³/mol. The quantitative estimate of drug-likeness (QED) is 0.0932. The highest BCUT2D eigenvalue weighted by Gasteiger charge is 2.59. The maximum atomic E-state index is 13.2. The van der Waals surface area contributed by atoms with Crippen LogP contribution in [0.25, 0.3) is 0 Å². The van der Waals surface area contributed by atoms with Crippen LogP contribution >= 0.6 is 0 Å². The Morgan fingerprint density at radius 1 is 0.471 bits per heavy atom. The van der Waals surface area contributed by atoms with Gasteiger partial charge < -0.3 is 18.9 Å². The molecule has 0 amide bonds. The molecule has 0 radical (unpaired) electrons. The average Bonchev–Trinajstić information content (AvgIpc) is 2.83. The third-order valence-corrected chi connectivity index (χ3v) is 5.41. The summed E-state index contributed by atoms with van der Waals surface area (Å²) in [5.41, 5.74) is -2.52. The lowest BCUT2D eigenvalue weighted by atomic mass is 9.84. The molecule has 0 aromatic heterocycles. The average molecular weight is 487 g/mol. The fraction of sp³-hybridized carbons (Fsp3) is 0.846. The Morgan fingerprint density at radius 3 is 1.06 bits per heavy atom. The Kier molecular flexibility index (Phi) is 19.0. The number of rotatable bonds is 21. The first-order chi connectivity index (χ1) is 16.4. The number of carbonyl (C=O) groups is 4. The highest BCUT2D eigenvalue weighted by atomic mass is 16.6. The standard InChI is InChI=1S/C26H46O8/c1-5-9-13-17-31-22(27)21-26(23(28)32-18-14-10-6-2,24(29)33-19-15-11-7-3)25(30)34-20-16-12-8-4/h5-21H2,1-4H3. The van der Waals surface area contributed by atoms with Gasteiger partial charge in [-0.25, -0.2) is 0 Å². The Balaban J connectivity index is 5.74. The topological polar surface area (TPSA) is 105 Å². The maximum absolute atomic E-state index is 13.2. The third kappa shape index (κ3) is 12.4. The van der Waals surface area contributed by atoms with Crippen LogP contribution in [0.2, 0.25) is 0 Å². The SMILES string of the molecule is CCCCCOC(=O)CC(C(=O)OCCCCC)(C(=O)OCCCCC)C(=O)OCCCCC. The van der Waals surface area contributed by atoms with E-state index >= 15 is 0 Å². The number of carbonyl (C=O) groups excluding carboxylic acids is 4. The molecule has 8 heteroatoms. The summed E-state index contributed by atoms with van der Waals surface area (Å²) in [6, 6.07) is 0. The van der Waals surface area contributed by atoms with Gasteiger partial charge in [0.05, 0.1) is 32.8 Å². The van der Waals surface area contributed by atoms with E-state index in [0.717, 1.165) is 51.4 Å².